The molecular formula is C48H49N5O7. The fourth-order valence-corrected chi connectivity index (χ4v) is 8.78. The number of rotatable bonds is 14. The lowest BCUT2D eigenvalue weighted by atomic mass is 9.82. The third-order valence-corrected chi connectivity index (χ3v) is 12.0. The summed E-state index contributed by atoms with van der Waals surface area (Å²) in [4.78, 5) is 70.3. The molecule has 12 heteroatoms. The summed E-state index contributed by atoms with van der Waals surface area (Å²) in [6.07, 6.45) is 5.70. The average molecular weight is 808 g/mol. The largest absolute Gasteiger partial charge is 0.491 e. The number of anilines is 1. The number of aliphatic imine (C=N–C) groups is 1. The number of benzene rings is 3. The number of aryl methyl sites for hydroxylation is 1. The highest BCUT2D eigenvalue weighted by molar-refractivity contribution is 6.25. The number of carbonyl (C=O) groups excluding carboxylic acids is 5. The summed E-state index contributed by atoms with van der Waals surface area (Å²) in [5.74, 6) is -1.41. The highest BCUT2D eigenvalue weighted by Gasteiger charge is 2.46. The molecule has 1 fully saturated rings. The van der Waals surface area contributed by atoms with Crippen LogP contribution in [0.4, 0.5) is 5.69 Å². The van der Waals surface area contributed by atoms with Crippen LogP contribution in [0.1, 0.15) is 83.9 Å². The molecule has 12 nitrogen and oxygen atoms in total. The molecule has 0 bridgehead atoms. The van der Waals surface area contributed by atoms with Gasteiger partial charge in [0.2, 0.25) is 17.7 Å². The molecule has 60 heavy (non-hydrogen) atoms. The van der Waals surface area contributed by atoms with Crippen LogP contribution in [0.3, 0.4) is 0 Å². The second kappa shape index (κ2) is 17.1. The molecule has 308 valence electrons. The Morgan fingerprint density at radius 3 is 2.45 bits per heavy atom. The molecule has 3 heterocycles. The van der Waals surface area contributed by atoms with Gasteiger partial charge in [-0.15, -0.1) is 0 Å². The molecule has 3 aromatic rings. The number of nitrogens with one attached hydrogen (secondary N) is 3. The van der Waals surface area contributed by atoms with Crippen LogP contribution in [0.2, 0.25) is 0 Å². The second-order valence-corrected chi connectivity index (χ2v) is 16.0. The molecule has 0 saturated carbocycles. The molecular weight excluding hydrogens is 759 g/mol. The van der Waals surface area contributed by atoms with Gasteiger partial charge in [-0.1, -0.05) is 71.3 Å². The molecule has 3 unspecified atom stereocenters. The van der Waals surface area contributed by atoms with Gasteiger partial charge in [0.25, 0.3) is 11.8 Å². The molecule has 0 aromatic heterocycles. The van der Waals surface area contributed by atoms with Crippen LogP contribution < -0.4 is 20.7 Å². The predicted molar refractivity (Wildman–Crippen MR) is 228 cm³/mol. The van der Waals surface area contributed by atoms with E-state index < -0.39 is 29.7 Å². The van der Waals surface area contributed by atoms with Crippen LogP contribution in [-0.4, -0.2) is 78.6 Å². The fraction of sp³-hybridized carbons (Fsp3) is 0.333. The van der Waals surface area contributed by atoms with Crippen molar-refractivity contribution >= 4 is 40.9 Å². The minimum Gasteiger partial charge on any atom is -0.491 e. The number of allylic oxidation sites excluding steroid dienone is 7. The summed E-state index contributed by atoms with van der Waals surface area (Å²) in [7, 11) is 0. The Bertz CT molecular complexity index is 2440. The first-order valence-corrected chi connectivity index (χ1v) is 20.6. The van der Waals surface area contributed by atoms with Gasteiger partial charge < -0.3 is 20.1 Å². The lowest BCUT2D eigenvalue weighted by Crippen LogP contribution is -2.54. The molecule has 3 aromatic carbocycles. The van der Waals surface area contributed by atoms with Crippen molar-refractivity contribution in [1.82, 2.24) is 15.5 Å². The Morgan fingerprint density at radius 1 is 0.900 bits per heavy atom. The fourth-order valence-electron chi connectivity index (χ4n) is 8.78. The smallest absolute Gasteiger partial charge is 0.264 e. The van der Waals surface area contributed by atoms with E-state index in [1.165, 1.54) is 39.0 Å². The van der Waals surface area contributed by atoms with Gasteiger partial charge in [-0.2, -0.15) is 0 Å². The Balaban J connectivity index is 0.798. The number of fused-ring (bicyclic) bond motifs is 3. The number of hydrogen-bond acceptors (Lipinski definition) is 9. The Morgan fingerprint density at radius 2 is 1.68 bits per heavy atom. The number of carbonyl (C=O) groups is 5. The number of imide groups is 2. The van der Waals surface area contributed by atoms with E-state index >= 15 is 0 Å². The molecule has 0 radical (unpaired) electrons. The van der Waals surface area contributed by atoms with Crippen molar-refractivity contribution in [3.63, 3.8) is 0 Å². The number of nitrogens with zero attached hydrogens (tertiary/aromatic N) is 2. The molecule has 3 atom stereocenters. The van der Waals surface area contributed by atoms with Crippen LogP contribution in [0, 0.1) is 12.8 Å². The van der Waals surface area contributed by atoms with Gasteiger partial charge in [0.05, 0.1) is 42.5 Å². The van der Waals surface area contributed by atoms with E-state index in [1.54, 1.807) is 18.2 Å². The van der Waals surface area contributed by atoms with Crippen LogP contribution in [0.5, 0.6) is 5.75 Å². The van der Waals surface area contributed by atoms with Gasteiger partial charge in [-0.3, -0.25) is 39.2 Å². The maximum Gasteiger partial charge on any atom is 0.264 e. The van der Waals surface area contributed by atoms with E-state index in [0.717, 1.165) is 28.2 Å². The van der Waals surface area contributed by atoms with Gasteiger partial charge >= 0.3 is 0 Å². The van der Waals surface area contributed by atoms with Gasteiger partial charge in [0, 0.05) is 42.3 Å². The molecule has 5 aliphatic rings. The topological polar surface area (TPSA) is 156 Å². The average Bonchev–Trinajstić information content (AvgIpc) is 3.81. The van der Waals surface area contributed by atoms with Crippen molar-refractivity contribution < 1.29 is 33.4 Å². The number of amides is 5. The monoisotopic (exact) mass is 807 g/mol. The van der Waals surface area contributed by atoms with Crippen molar-refractivity contribution in [3.8, 4) is 5.75 Å². The minimum absolute atomic E-state index is 0.0559. The first kappa shape index (κ1) is 40.4. The molecule has 3 aliphatic heterocycles. The summed E-state index contributed by atoms with van der Waals surface area (Å²) in [5.41, 5.74) is 12.9. The zero-order valence-corrected chi connectivity index (χ0v) is 34.4. The Hall–Kier alpha value is -6.40. The van der Waals surface area contributed by atoms with E-state index in [4.69, 9.17) is 14.5 Å². The molecule has 0 spiro atoms. The lowest BCUT2D eigenvalue weighted by Gasteiger charge is -2.27. The maximum atomic E-state index is 13.5. The van der Waals surface area contributed by atoms with Crippen molar-refractivity contribution in [2.24, 2.45) is 10.9 Å². The van der Waals surface area contributed by atoms with Gasteiger partial charge in [-0.05, 0) is 87.1 Å². The van der Waals surface area contributed by atoms with Crippen molar-refractivity contribution in [1.29, 1.82) is 0 Å². The van der Waals surface area contributed by atoms with E-state index in [-0.39, 0.29) is 48.3 Å². The Labute approximate surface area is 349 Å². The molecule has 1 saturated heterocycles. The highest BCUT2D eigenvalue weighted by atomic mass is 16.5. The quantitative estimate of drug-likeness (QED) is 0.126. The number of hydrogen-bond donors (Lipinski definition) is 3. The SMILES string of the molecule is CC1=CC=C2C(CC(=O)NCc3ccc(OCCOCCNc4cccc5c4C(=O)N(C4CCC(=O)NC4=O)C5=O)cc3)N=C(c3ccc(C)cc3)C3=C(CC(C)=C3C)C12. The predicted octanol–water partition coefficient (Wildman–Crippen LogP) is 6.32. The van der Waals surface area contributed by atoms with Crippen molar-refractivity contribution in [3.05, 3.63) is 140 Å². The first-order valence-electron chi connectivity index (χ1n) is 20.6. The lowest BCUT2D eigenvalue weighted by molar-refractivity contribution is -0.136. The summed E-state index contributed by atoms with van der Waals surface area (Å²) >= 11 is 0. The third kappa shape index (κ3) is 7.99. The highest BCUT2D eigenvalue weighted by Crippen LogP contribution is 2.48. The third-order valence-electron chi connectivity index (χ3n) is 12.0. The first-order chi connectivity index (χ1) is 29.0. The van der Waals surface area contributed by atoms with Crippen molar-refractivity contribution in [2.45, 2.75) is 72.0 Å². The number of ether oxygens (including phenoxy) is 2. The van der Waals surface area contributed by atoms with Gasteiger partial charge in [0.1, 0.15) is 18.4 Å². The summed E-state index contributed by atoms with van der Waals surface area (Å²) in [6.45, 7) is 10.4. The van der Waals surface area contributed by atoms with Gasteiger partial charge in [-0.25, -0.2) is 0 Å². The second-order valence-electron chi connectivity index (χ2n) is 16.0. The van der Waals surface area contributed by atoms with E-state index in [1.807, 2.05) is 24.3 Å². The standard InChI is InChI=1S/C48H49N5O7/c1-27-8-13-32(14-9-27)45-43-30(4)29(3)24-36(43)42-28(2)10-17-34(42)38(51-45)25-41(55)50-26-31-11-15-33(16-12-31)60-23-22-59-21-20-49-37-7-5-6-35-44(37)48(58)53(47(35)57)39-18-19-40(54)52-46(39)56/h5-17,38-39,42,49H,18-26H2,1-4H3,(H,50,55)(H,52,54,56). The van der Waals surface area contributed by atoms with Gasteiger partial charge in [0.15, 0.2) is 0 Å². The van der Waals surface area contributed by atoms with Crippen LogP contribution in [0.15, 0.2) is 117 Å². The minimum atomic E-state index is -1.02. The van der Waals surface area contributed by atoms with Crippen LogP contribution in [-0.2, 0) is 25.7 Å². The van der Waals surface area contributed by atoms with E-state index in [9.17, 15) is 24.0 Å². The maximum absolute atomic E-state index is 13.5. The zero-order chi connectivity index (χ0) is 42.1. The zero-order valence-electron chi connectivity index (χ0n) is 34.4. The van der Waals surface area contributed by atoms with Crippen molar-refractivity contribution in [2.75, 3.05) is 31.7 Å². The molecule has 8 rings (SSSR count). The summed E-state index contributed by atoms with van der Waals surface area (Å²) in [6, 6.07) is 19.8. The molecule has 2 aliphatic carbocycles. The van der Waals surface area contributed by atoms with E-state index in [2.05, 4.69) is 80.1 Å². The van der Waals surface area contributed by atoms with E-state index in [0.29, 0.717) is 44.3 Å². The van der Waals surface area contributed by atoms with Crippen LogP contribution >= 0.6 is 0 Å². The molecule has 3 N–H and O–H groups in total. The normalized spacial score (nSPS) is 20.9. The molecule has 5 amide bonds. The summed E-state index contributed by atoms with van der Waals surface area (Å²) in [5, 5.41) is 8.50. The Kier molecular flexibility index (Phi) is 11.5. The number of piperidine rings is 1. The van der Waals surface area contributed by atoms with Crippen LogP contribution in [0.25, 0.3) is 0 Å². The summed E-state index contributed by atoms with van der Waals surface area (Å²) < 4.78 is 11.6.